The van der Waals surface area contributed by atoms with Crippen LogP contribution < -0.4 is 10.1 Å². The Morgan fingerprint density at radius 1 is 1.24 bits per heavy atom. The molecule has 21 heavy (non-hydrogen) atoms. The Balaban J connectivity index is 1.92. The molecule has 0 unspecified atom stereocenters. The molecule has 1 aliphatic carbocycles. The molecule has 3 nitrogen and oxygen atoms in total. The zero-order chi connectivity index (χ0) is 15.1. The molecule has 1 aliphatic rings. The largest absolute Gasteiger partial charge is 0.490 e. The maximum atomic E-state index is 13.6. The molecule has 0 aromatic heterocycles. The molecule has 2 N–H and O–H groups in total. The Morgan fingerprint density at radius 3 is 2.71 bits per heavy atom. The van der Waals surface area contributed by atoms with Crippen molar-refractivity contribution in [2.75, 3.05) is 13.2 Å². The van der Waals surface area contributed by atoms with Crippen molar-refractivity contribution in [2.24, 2.45) is 0 Å². The van der Waals surface area contributed by atoms with Crippen molar-refractivity contribution in [3.05, 3.63) is 29.6 Å². The van der Waals surface area contributed by atoms with Gasteiger partial charge in [0.25, 0.3) is 0 Å². The molecule has 0 atom stereocenters. The Kier molecular flexibility index (Phi) is 6.00. The molecule has 2 rings (SSSR count). The second kappa shape index (κ2) is 7.76. The summed E-state index contributed by atoms with van der Waals surface area (Å²) in [7, 11) is 0. The highest BCUT2D eigenvalue weighted by Crippen LogP contribution is 2.29. The normalized spacial score (nSPS) is 17.7. The van der Waals surface area contributed by atoms with Crippen LogP contribution in [0.2, 0.25) is 0 Å². The van der Waals surface area contributed by atoms with Gasteiger partial charge in [0.2, 0.25) is 0 Å². The van der Waals surface area contributed by atoms with Gasteiger partial charge in [-0.25, -0.2) is 4.39 Å². The van der Waals surface area contributed by atoms with Gasteiger partial charge in [0, 0.05) is 12.6 Å². The Labute approximate surface area is 126 Å². The van der Waals surface area contributed by atoms with Crippen LogP contribution in [0.15, 0.2) is 18.2 Å². The van der Waals surface area contributed by atoms with Gasteiger partial charge in [-0.05, 0) is 43.5 Å². The van der Waals surface area contributed by atoms with Crippen LogP contribution in [0.3, 0.4) is 0 Å². The topological polar surface area (TPSA) is 41.5 Å². The van der Waals surface area contributed by atoms with Gasteiger partial charge in [-0.3, -0.25) is 0 Å². The summed E-state index contributed by atoms with van der Waals surface area (Å²) in [4.78, 5) is 0. The van der Waals surface area contributed by atoms with Crippen molar-refractivity contribution < 1.29 is 14.2 Å². The minimum Gasteiger partial charge on any atom is -0.490 e. The molecule has 1 fully saturated rings. The number of halogens is 1. The second-order valence-electron chi connectivity index (χ2n) is 6.05. The van der Waals surface area contributed by atoms with Crippen LogP contribution in [0.25, 0.3) is 0 Å². The Bertz CT molecular complexity index is 444. The average molecular weight is 295 g/mol. The zero-order valence-electron chi connectivity index (χ0n) is 12.8. The lowest BCUT2D eigenvalue weighted by atomic mass is 9.85. The first-order valence-corrected chi connectivity index (χ1v) is 7.97. The number of hydrogen-bond acceptors (Lipinski definition) is 3. The first-order chi connectivity index (χ1) is 10.1. The van der Waals surface area contributed by atoms with E-state index in [4.69, 9.17) is 4.74 Å². The lowest BCUT2D eigenvalue weighted by Crippen LogP contribution is -2.37. The van der Waals surface area contributed by atoms with Gasteiger partial charge < -0.3 is 15.2 Å². The highest BCUT2D eigenvalue weighted by atomic mass is 19.1. The summed E-state index contributed by atoms with van der Waals surface area (Å²) in [5, 5.41) is 13.7. The molecule has 0 radical (unpaired) electrons. The molecule has 1 aromatic rings. The summed E-state index contributed by atoms with van der Waals surface area (Å²) < 4.78 is 19.3. The van der Waals surface area contributed by atoms with Gasteiger partial charge in [0.15, 0.2) is 0 Å². The molecule has 0 spiro atoms. The van der Waals surface area contributed by atoms with E-state index in [1.165, 1.54) is 18.6 Å². The molecule has 0 aliphatic heterocycles. The summed E-state index contributed by atoms with van der Waals surface area (Å²) in [5.74, 6) is 0.207. The van der Waals surface area contributed by atoms with Gasteiger partial charge in [0.1, 0.15) is 18.2 Å². The van der Waals surface area contributed by atoms with Crippen LogP contribution in [0.4, 0.5) is 4.39 Å². The van der Waals surface area contributed by atoms with E-state index < -0.39 is 5.60 Å². The van der Waals surface area contributed by atoms with Gasteiger partial charge in [-0.1, -0.05) is 26.2 Å². The summed E-state index contributed by atoms with van der Waals surface area (Å²) in [5.41, 5.74) is 0.125. The summed E-state index contributed by atoms with van der Waals surface area (Å²) >= 11 is 0. The maximum Gasteiger partial charge on any atom is 0.127 e. The van der Waals surface area contributed by atoms with Crippen LogP contribution >= 0.6 is 0 Å². The third-order valence-corrected chi connectivity index (χ3v) is 3.98. The van der Waals surface area contributed by atoms with Crippen molar-refractivity contribution in [2.45, 2.75) is 57.6 Å². The average Bonchev–Trinajstić information content (AvgIpc) is 2.46. The molecule has 4 heteroatoms. The van der Waals surface area contributed by atoms with E-state index in [2.05, 4.69) is 12.2 Å². The maximum absolute atomic E-state index is 13.6. The van der Waals surface area contributed by atoms with Crippen molar-refractivity contribution >= 4 is 0 Å². The highest BCUT2D eigenvalue weighted by Gasteiger charge is 2.30. The fraction of sp³-hybridized carbons (Fsp3) is 0.647. The SMILES string of the molecule is CCCNCc1cc(F)cc(OCC2(O)CCCCC2)c1. The Morgan fingerprint density at radius 2 is 2.00 bits per heavy atom. The Hall–Kier alpha value is -1.13. The van der Waals surface area contributed by atoms with Crippen LogP contribution in [0.5, 0.6) is 5.75 Å². The van der Waals surface area contributed by atoms with E-state index in [9.17, 15) is 9.50 Å². The van der Waals surface area contributed by atoms with E-state index in [-0.39, 0.29) is 12.4 Å². The quantitative estimate of drug-likeness (QED) is 0.758. The van der Waals surface area contributed by atoms with Gasteiger partial charge >= 0.3 is 0 Å². The predicted molar refractivity (Wildman–Crippen MR) is 81.9 cm³/mol. The molecular formula is C17H26FNO2. The molecule has 0 amide bonds. The third kappa shape index (κ3) is 5.29. The number of nitrogens with one attached hydrogen (secondary N) is 1. The van der Waals surface area contributed by atoms with E-state index in [0.717, 1.165) is 44.2 Å². The fourth-order valence-electron chi connectivity index (χ4n) is 2.79. The number of hydrogen-bond donors (Lipinski definition) is 2. The van der Waals surface area contributed by atoms with Crippen molar-refractivity contribution in [3.63, 3.8) is 0 Å². The van der Waals surface area contributed by atoms with Crippen LogP contribution in [0, 0.1) is 5.82 Å². The molecular weight excluding hydrogens is 269 g/mol. The van der Waals surface area contributed by atoms with Crippen LogP contribution in [-0.4, -0.2) is 23.9 Å². The first-order valence-electron chi connectivity index (χ1n) is 7.97. The van der Waals surface area contributed by atoms with Crippen LogP contribution in [-0.2, 0) is 6.54 Å². The molecule has 118 valence electrons. The second-order valence-corrected chi connectivity index (χ2v) is 6.05. The number of rotatable bonds is 7. The zero-order valence-corrected chi connectivity index (χ0v) is 12.8. The summed E-state index contributed by atoms with van der Waals surface area (Å²) in [6.45, 7) is 3.88. The lowest BCUT2D eigenvalue weighted by Gasteiger charge is -2.31. The lowest BCUT2D eigenvalue weighted by molar-refractivity contribution is -0.0339. The first kappa shape index (κ1) is 16.2. The monoisotopic (exact) mass is 295 g/mol. The van der Waals surface area contributed by atoms with E-state index in [1.807, 2.05) is 6.07 Å². The van der Waals surface area contributed by atoms with Gasteiger partial charge in [0.05, 0.1) is 5.60 Å². The molecule has 1 aromatic carbocycles. The molecule has 0 saturated heterocycles. The standard InChI is InChI=1S/C17H26FNO2/c1-2-8-19-12-14-9-15(18)11-16(10-14)21-13-17(20)6-4-3-5-7-17/h9-11,19-20H,2-8,12-13H2,1H3. The van der Waals surface area contributed by atoms with Crippen molar-refractivity contribution in [1.82, 2.24) is 5.32 Å². The smallest absolute Gasteiger partial charge is 0.127 e. The van der Waals surface area contributed by atoms with E-state index in [0.29, 0.717) is 12.3 Å². The van der Waals surface area contributed by atoms with Gasteiger partial charge in [-0.15, -0.1) is 0 Å². The molecule has 0 heterocycles. The minimum atomic E-state index is -0.745. The van der Waals surface area contributed by atoms with Gasteiger partial charge in [-0.2, -0.15) is 0 Å². The summed E-state index contributed by atoms with van der Waals surface area (Å²) in [6.07, 6.45) is 5.84. The number of aliphatic hydroxyl groups is 1. The molecule has 1 saturated carbocycles. The predicted octanol–water partition coefficient (Wildman–Crippen LogP) is 3.40. The fourth-order valence-corrected chi connectivity index (χ4v) is 2.79. The van der Waals surface area contributed by atoms with Crippen LogP contribution in [0.1, 0.15) is 51.0 Å². The van der Waals surface area contributed by atoms with Crippen molar-refractivity contribution in [1.29, 1.82) is 0 Å². The van der Waals surface area contributed by atoms with E-state index in [1.54, 1.807) is 0 Å². The van der Waals surface area contributed by atoms with E-state index >= 15 is 0 Å². The minimum absolute atomic E-state index is 0.248. The highest BCUT2D eigenvalue weighted by molar-refractivity contribution is 5.29. The van der Waals surface area contributed by atoms with Crippen molar-refractivity contribution in [3.8, 4) is 5.75 Å². The number of benzene rings is 1. The third-order valence-electron chi connectivity index (χ3n) is 3.98. The molecule has 0 bridgehead atoms. The summed E-state index contributed by atoms with van der Waals surface area (Å²) in [6, 6.07) is 4.75. The number of ether oxygens (including phenoxy) is 1.